The molecule has 2 heterocycles. The van der Waals surface area contributed by atoms with Gasteiger partial charge in [0.2, 0.25) is 0 Å². The minimum Gasteiger partial charge on any atom is -0.377 e. The zero-order valence-electron chi connectivity index (χ0n) is 8.41. The molecule has 0 aliphatic carbocycles. The maximum atomic E-state index is 5.76. The van der Waals surface area contributed by atoms with Gasteiger partial charge in [-0.05, 0) is 33.1 Å². The lowest BCUT2D eigenvalue weighted by atomic mass is 10.2. The molecule has 0 aromatic rings. The third-order valence-electron chi connectivity index (χ3n) is 2.89. The highest BCUT2D eigenvalue weighted by atomic mass is 32.2. The summed E-state index contributed by atoms with van der Waals surface area (Å²) in [6.07, 6.45) is 4.00. The number of hydrogen-bond donors (Lipinski definition) is 0. The summed E-state index contributed by atoms with van der Waals surface area (Å²) >= 11 is 1.98. The van der Waals surface area contributed by atoms with Crippen LogP contribution in [0.15, 0.2) is 0 Å². The van der Waals surface area contributed by atoms with Crippen molar-refractivity contribution in [2.75, 3.05) is 13.2 Å². The number of ether oxygens (including phenoxy) is 2. The fraction of sp³-hybridized carbons (Fsp3) is 1.00. The maximum absolute atomic E-state index is 5.76. The Hall–Kier alpha value is 0.270. The summed E-state index contributed by atoms with van der Waals surface area (Å²) in [5.41, 5.74) is 0. The standard InChI is InChI=1S/C10H18O2S/c1-8-9(4-7-11-8)13-10(2)5-3-6-12-10/h8-9H,3-7H2,1-2H3. The molecular weight excluding hydrogens is 184 g/mol. The summed E-state index contributed by atoms with van der Waals surface area (Å²) < 4.78 is 11.3. The van der Waals surface area contributed by atoms with Crippen molar-refractivity contribution in [1.29, 1.82) is 0 Å². The lowest BCUT2D eigenvalue weighted by Crippen LogP contribution is -2.25. The van der Waals surface area contributed by atoms with Gasteiger partial charge in [0.25, 0.3) is 0 Å². The second-order valence-corrected chi connectivity index (χ2v) is 5.81. The van der Waals surface area contributed by atoms with E-state index >= 15 is 0 Å². The van der Waals surface area contributed by atoms with Crippen LogP contribution >= 0.6 is 11.8 Å². The molecule has 2 aliphatic rings. The van der Waals surface area contributed by atoms with Crippen LogP contribution in [-0.4, -0.2) is 29.5 Å². The van der Waals surface area contributed by atoms with Crippen LogP contribution in [0.25, 0.3) is 0 Å². The fourth-order valence-corrected chi connectivity index (χ4v) is 3.57. The van der Waals surface area contributed by atoms with Gasteiger partial charge in [-0.3, -0.25) is 0 Å². The van der Waals surface area contributed by atoms with Crippen LogP contribution in [0.4, 0.5) is 0 Å². The van der Waals surface area contributed by atoms with E-state index in [1.54, 1.807) is 0 Å². The molecule has 0 saturated carbocycles. The Labute approximate surface area is 84.4 Å². The Morgan fingerprint density at radius 1 is 1.38 bits per heavy atom. The summed E-state index contributed by atoms with van der Waals surface area (Å²) in [5, 5.41) is 0.642. The van der Waals surface area contributed by atoms with Gasteiger partial charge in [-0.1, -0.05) is 0 Å². The lowest BCUT2D eigenvalue weighted by molar-refractivity contribution is 0.0943. The average molecular weight is 202 g/mol. The first-order chi connectivity index (χ1) is 6.20. The number of thioether (sulfide) groups is 1. The molecule has 3 heteroatoms. The zero-order valence-corrected chi connectivity index (χ0v) is 9.23. The van der Waals surface area contributed by atoms with Crippen LogP contribution in [0.2, 0.25) is 0 Å². The highest BCUT2D eigenvalue weighted by Gasteiger charge is 2.37. The molecule has 0 radical (unpaired) electrons. The Morgan fingerprint density at radius 2 is 2.23 bits per heavy atom. The zero-order chi connectivity index (χ0) is 9.31. The van der Waals surface area contributed by atoms with E-state index in [0.29, 0.717) is 11.4 Å². The third kappa shape index (κ3) is 2.20. The van der Waals surface area contributed by atoms with Gasteiger partial charge in [-0.25, -0.2) is 0 Å². The highest BCUT2D eigenvalue weighted by Crippen LogP contribution is 2.42. The van der Waals surface area contributed by atoms with Gasteiger partial charge in [-0.2, -0.15) is 0 Å². The van der Waals surface area contributed by atoms with Crippen molar-refractivity contribution in [3.05, 3.63) is 0 Å². The molecule has 0 bridgehead atoms. The van der Waals surface area contributed by atoms with E-state index in [1.807, 2.05) is 11.8 Å². The highest BCUT2D eigenvalue weighted by molar-refractivity contribution is 8.01. The van der Waals surface area contributed by atoms with E-state index in [1.165, 1.54) is 19.3 Å². The smallest absolute Gasteiger partial charge is 0.111 e. The van der Waals surface area contributed by atoms with E-state index < -0.39 is 0 Å². The molecule has 2 saturated heterocycles. The molecular formula is C10H18O2S. The summed E-state index contributed by atoms with van der Waals surface area (Å²) in [4.78, 5) is 0.0760. The minimum absolute atomic E-state index is 0.0760. The van der Waals surface area contributed by atoms with Crippen LogP contribution in [-0.2, 0) is 9.47 Å². The predicted molar refractivity (Wildman–Crippen MR) is 55.0 cm³/mol. The van der Waals surface area contributed by atoms with Crippen LogP contribution in [0.5, 0.6) is 0 Å². The Kier molecular flexibility index (Phi) is 2.86. The monoisotopic (exact) mass is 202 g/mol. The van der Waals surface area contributed by atoms with Gasteiger partial charge < -0.3 is 9.47 Å². The quantitative estimate of drug-likeness (QED) is 0.685. The molecule has 3 unspecified atom stereocenters. The first-order valence-corrected chi connectivity index (χ1v) is 6.01. The topological polar surface area (TPSA) is 18.5 Å². The number of rotatable bonds is 2. The van der Waals surface area contributed by atoms with Gasteiger partial charge in [0.1, 0.15) is 4.93 Å². The van der Waals surface area contributed by atoms with E-state index in [0.717, 1.165) is 13.2 Å². The molecule has 2 fully saturated rings. The fourth-order valence-electron chi connectivity index (χ4n) is 2.03. The molecule has 2 aliphatic heterocycles. The van der Waals surface area contributed by atoms with E-state index in [2.05, 4.69) is 13.8 Å². The molecule has 76 valence electrons. The van der Waals surface area contributed by atoms with Crippen molar-refractivity contribution in [3.8, 4) is 0 Å². The van der Waals surface area contributed by atoms with E-state index in [-0.39, 0.29) is 4.93 Å². The first-order valence-electron chi connectivity index (χ1n) is 5.13. The van der Waals surface area contributed by atoms with Crippen LogP contribution in [0.3, 0.4) is 0 Å². The molecule has 0 aromatic heterocycles. The predicted octanol–water partition coefficient (Wildman–Crippen LogP) is 2.42. The molecule has 0 spiro atoms. The Morgan fingerprint density at radius 3 is 2.77 bits per heavy atom. The van der Waals surface area contributed by atoms with Gasteiger partial charge in [0.15, 0.2) is 0 Å². The average Bonchev–Trinajstić information content (AvgIpc) is 2.64. The van der Waals surface area contributed by atoms with Crippen molar-refractivity contribution in [2.24, 2.45) is 0 Å². The van der Waals surface area contributed by atoms with Crippen molar-refractivity contribution in [1.82, 2.24) is 0 Å². The first kappa shape index (κ1) is 9.81. The van der Waals surface area contributed by atoms with Crippen LogP contribution in [0, 0.1) is 0 Å². The molecule has 13 heavy (non-hydrogen) atoms. The number of hydrogen-bond acceptors (Lipinski definition) is 3. The molecule has 2 rings (SSSR count). The van der Waals surface area contributed by atoms with Crippen molar-refractivity contribution in [3.63, 3.8) is 0 Å². The van der Waals surface area contributed by atoms with Crippen molar-refractivity contribution in [2.45, 2.75) is 49.4 Å². The van der Waals surface area contributed by atoms with Gasteiger partial charge in [-0.15, -0.1) is 11.8 Å². The van der Waals surface area contributed by atoms with Crippen LogP contribution < -0.4 is 0 Å². The molecule has 2 nitrogen and oxygen atoms in total. The van der Waals surface area contributed by atoms with Crippen LogP contribution in [0.1, 0.15) is 33.1 Å². The summed E-state index contributed by atoms with van der Waals surface area (Å²) in [6, 6.07) is 0. The van der Waals surface area contributed by atoms with E-state index in [4.69, 9.17) is 9.47 Å². The minimum atomic E-state index is 0.0760. The van der Waals surface area contributed by atoms with Gasteiger partial charge >= 0.3 is 0 Å². The summed E-state index contributed by atoms with van der Waals surface area (Å²) in [5.74, 6) is 0. The third-order valence-corrected chi connectivity index (χ3v) is 4.63. The molecule has 0 aromatic carbocycles. The van der Waals surface area contributed by atoms with Crippen molar-refractivity contribution >= 4 is 11.8 Å². The van der Waals surface area contributed by atoms with Gasteiger partial charge in [0, 0.05) is 18.5 Å². The second kappa shape index (κ2) is 3.79. The normalized spacial score (nSPS) is 45.7. The second-order valence-electron chi connectivity index (χ2n) is 4.11. The summed E-state index contributed by atoms with van der Waals surface area (Å²) in [6.45, 7) is 6.25. The Bertz CT molecular complexity index is 178. The lowest BCUT2D eigenvalue weighted by Gasteiger charge is -2.27. The van der Waals surface area contributed by atoms with Crippen molar-refractivity contribution < 1.29 is 9.47 Å². The van der Waals surface area contributed by atoms with E-state index in [9.17, 15) is 0 Å². The SMILES string of the molecule is CC1OCCC1SC1(C)CCCO1. The molecule has 0 amide bonds. The van der Waals surface area contributed by atoms with Gasteiger partial charge in [0.05, 0.1) is 6.10 Å². The molecule has 0 N–H and O–H groups in total. The molecule has 3 atom stereocenters. The maximum Gasteiger partial charge on any atom is 0.111 e. The largest absolute Gasteiger partial charge is 0.377 e. The summed E-state index contributed by atoms with van der Waals surface area (Å²) in [7, 11) is 0. The Balaban J connectivity index is 1.88.